The molecule has 0 heterocycles. The summed E-state index contributed by atoms with van der Waals surface area (Å²) in [6.45, 7) is 5.84. The molecule has 0 aliphatic rings. The molecule has 0 saturated heterocycles. The summed E-state index contributed by atoms with van der Waals surface area (Å²) in [4.78, 5) is 25.0. The summed E-state index contributed by atoms with van der Waals surface area (Å²) >= 11 is 1.44. The van der Waals surface area contributed by atoms with Crippen molar-refractivity contribution in [2.24, 2.45) is 0 Å². The number of hydrogen-bond acceptors (Lipinski definition) is 3. The fourth-order valence-electron chi connectivity index (χ4n) is 2.07. The normalized spacial score (nSPS) is 11.6. The van der Waals surface area contributed by atoms with Crippen LogP contribution in [0.25, 0.3) is 0 Å². The van der Waals surface area contributed by atoms with E-state index in [4.69, 9.17) is 0 Å². The van der Waals surface area contributed by atoms with Gasteiger partial charge in [-0.05, 0) is 44.5 Å². The van der Waals surface area contributed by atoms with E-state index in [2.05, 4.69) is 16.7 Å². The molecule has 0 spiro atoms. The number of urea groups is 1. The van der Waals surface area contributed by atoms with Gasteiger partial charge in [-0.15, -0.1) is 11.8 Å². The van der Waals surface area contributed by atoms with E-state index in [-0.39, 0.29) is 11.2 Å². The molecule has 120 valence electrons. The van der Waals surface area contributed by atoms with Crippen LogP contribution in [-0.4, -0.2) is 17.2 Å². The molecule has 2 rings (SSSR count). The number of anilines is 1. The number of hydrogen-bond donors (Lipinski definition) is 2. The van der Waals surface area contributed by atoms with Gasteiger partial charge in [0.1, 0.15) is 0 Å². The van der Waals surface area contributed by atoms with E-state index < -0.39 is 6.03 Å². The van der Waals surface area contributed by atoms with E-state index >= 15 is 0 Å². The highest BCUT2D eigenvalue weighted by atomic mass is 32.2. The Bertz CT molecular complexity index is 701. The smallest absolute Gasteiger partial charge is 0.308 e. The van der Waals surface area contributed by atoms with E-state index in [0.29, 0.717) is 5.69 Å². The Kier molecular flexibility index (Phi) is 5.82. The van der Waals surface area contributed by atoms with Crippen LogP contribution in [0.3, 0.4) is 0 Å². The molecule has 2 N–H and O–H groups in total. The summed E-state index contributed by atoms with van der Waals surface area (Å²) in [5, 5.41) is 4.64. The van der Waals surface area contributed by atoms with Crippen LogP contribution < -0.4 is 10.6 Å². The van der Waals surface area contributed by atoms with Crippen LogP contribution in [0, 0.1) is 13.8 Å². The van der Waals surface area contributed by atoms with Gasteiger partial charge in [-0.1, -0.05) is 35.9 Å². The molecule has 23 heavy (non-hydrogen) atoms. The minimum Gasteiger partial charge on any atom is -0.308 e. The van der Waals surface area contributed by atoms with Crippen molar-refractivity contribution in [3.05, 3.63) is 59.7 Å². The Morgan fingerprint density at radius 2 is 1.74 bits per heavy atom. The second-order valence-corrected chi connectivity index (χ2v) is 6.72. The minimum absolute atomic E-state index is 0.316. The van der Waals surface area contributed by atoms with Crippen molar-refractivity contribution in [1.82, 2.24) is 5.32 Å². The lowest BCUT2D eigenvalue weighted by Crippen LogP contribution is -2.38. The number of imide groups is 1. The zero-order valence-corrected chi connectivity index (χ0v) is 14.2. The molecule has 0 aliphatic heterocycles. The first kappa shape index (κ1) is 17.1. The number of carbonyl (C=O) groups excluding carboxylic acids is 2. The predicted octanol–water partition coefficient (Wildman–Crippen LogP) is 4.13. The molecule has 1 unspecified atom stereocenters. The number of rotatable bonds is 4. The van der Waals surface area contributed by atoms with Crippen LogP contribution in [-0.2, 0) is 4.79 Å². The highest BCUT2D eigenvalue weighted by molar-refractivity contribution is 8.00. The minimum atomic E-state index is -0.519. The summed E-state index contributed by atoms with van der Waals surface area (Å²) in [5.41, 5.74) is 2.96. The molecule has 1 atom stereocenters. The third kappa shape index (κ3) is 5.14. The molecular formula is C18H20N2O2S. The highest BCUT2D eigenvalue weighted by Gasteiger charge is 2.18. The molecule has 2 aromatic rings. The molecule has 0 saturated carbocycles. The van der Waals surface area contributed by atoms with Crippen molar-refractivity contribution in [3.8, 4) is 0 Å². The molecule has 0 aliphatic carbocycles. The predicted molar refractivity (Wildman–Crippen MR) is 94.8 cm³/mol. The summed E-state index contributed by atoms with van der Waals surface area (Å²) < 4.78 is 0. The second kappa shape index (κ2) is 7.83. The van der Waals surface area contributed by atoms with Crippen molar-refractivity contribution < 1.29 is 9.59 Å². The van der Waals surface area contributed by atoms with Gasteiger partial charge in [0, 0.05) is 10.6 Å². The van der Waals surface area contributed by atoms with E-state index in [1.165, 1.54) is 17.3 Å². The standard InChI is InChI=1S/C18H20N2O2S/c1-12-9-10-16(13(2)11-12)23-14(3)17(21)20-18(22)19-15-7-5-4-6-8-15/h4-11,14H,1-3H3,(H2,19,20,21,22). The number of aryl methyl sites for hydroxylation is 2. The maximum absolute atomic E-state index is 12.1. The first-order valence-electron chi connectivity index (χ1n) is 7.36. The molecule has 0 fully saturated rings. The Morgan fingerprint density at radius 1 is 1.04 bits per heavy atom. The van der Waals surface area contributed by atoms with Gasteiger partial charge in [-0.25, -0.2) is 4.79 Å². The molecule has 2 aromatic carbocycles. The lowest BCUT2D eigenvalue weighted by Gasteiger charge is -2.13. The molecule has 0 aromatic heterocycles. The molecule has 0 radical (unpaired) electrons. The summed E-state index contributed by atoms with van der Waals surface area (Å²) in [6, 6.07) is 14.6. The van der Waals surface area contributed by atoms with Gasteiger partial charge < -0.3 is 5.32 Å². The number of benzene rings is 2. The van der Waals surface area contributed by atoms with Gasteiger partial charge in [0.25, 0.3) is 0 Å². The maximum atomic E-state index is 12.1. The van der Waals surface area contributed by atoms with E-state index in [9.17, 15) is 9.59 Å². The number of amides is 3. The van der Waals surface area contributed by atoms with Crippen molar-refractivity contribution in [1.29, 1.82) is 0 Å². The van der Waals surface area contributed by atoms with Crippen molar-refractivity contribution in [3.63, 3.8) is 0 Å². The fraction of sp³-hybridized carbons (Fsp3) is 0.222. The van der Waals surface area contributed by atoms with Crippen molar-refractivity contribution in [2.45, 2.75) is 30.9 Å². The maximum Gasteiger partial charge on any atom is 0.325 e. The molecule has 3 amide bonds. The third-order valence-electron chi connectivity index (χ3n) is 3.27. The Morgan fingerprint density at radius 3 is 2.39 bits per heavy atom. The van der Waals surface area contributed by atoms with E-state index in [1.54, 1.807) is 19.1 Å². The summed E-state index contributed by atoms with van der Waals surface area (Å²) in [5.74, 6) is -0.316. The van der Waals surface area contributed by atoms with Crippen LogP contribution in [0.15, 0.2) is 53.4 Å². The molecule has 5 heteroatoms. The Hall–Kier alpha value is -2.27. The lowest BCUT2D eigenvalue weighted by molar-refractivity contribution is -0.119. The van der Waals surface area contributed by atoms with Gasteiger partial charge >= 0.3 is 6.03 Å². The Labute approximate surface area is 140 Å². The summed E-state index contributed by atoms with van der Waals surface area (Å²) in [7, 11) is 0. The van der Waals surface area contributed by atoms with Gasteiger partial charge in [-0.2, -0.15) is 0 Å². The Balaban J connectivity index is 1.90. The molecule has 0 bridgehead atoms. The first-order valence-corrected chi connectivity index (χ1v) is 8.24. The largest absolute Gasteiger partial charge is 0.325 e. The van der Waals surface area contributed by atoms with Gasteiger partial charge in [0.2, 0.25) is 5.91 Å². The van der Waals surface area contributed by atoms with Crippen LogP contribution in [0.2, 0.25) is 0 Å². The van der Waals surface area contributed by atoms with Crippen LogP contribution in [0.4, 0.5) is 10.5 Å². The number of para-hydroxylation sites is 1. The lowest BCUT2D eigenvalue weighted by atomic mass is 10.2. The molecule has 4 nitrogen and oxygen atoms in total. The van der Waals surface area contributed by atoms with Gasteiger partial charge in [-0.3, -0.25) is 10.1 Å². The number of thioether (sulfide) groups is 1. The first-order chi connectivity index (χ1) is 11.0. The summed E-state index contributed by atoms with van der Waals surface area (Å²) in [6.07, 6.45) is 0. The van der Waals surface area contributed by atoms with Gasteiger partial charge in [0.15, 0.2) is 0 Å². The van der Waals surface area contributed by atoms with Crippen LogP contribution in [0.1, 0.15) is 18.1 Å². The fourth-order valence-corrected chi connectivity index (χ4v) is 3.01. The quantitative estimate of drug-likeness (QED) is 0.830. The monoisotopic (exact) mass is 328 g/mol. The average molecular weight is 328 g/mol. The zero-order valence-electron chi connectivity index (χ0n) is 13.4. The van der Waals surface area contributed by atoms with Crippen LogP contribution >= 0.6 is 11.8 Å². The van der Waals surface area contributed by atoms with Gasteiger partial charge in [0.05, 0.1) is 5.25 Å². The average Bonchev–Trinajstić information content (AvgIpc) is 2.50. The van der Waals surface area contributed by atoms with Crippen LogP contribution in [0.5, 0.6) is 0 Å². The topological polar surface area (TPSA) is 58.2 Å². The zero-order chi connectivity index (χ0) is 16.8. The van der Waals surface area contributed by atoms with E-state index in [1.807, 2.05) is 44.2 Å². The number of nitrogens with one attached hydrogen (secondary N) is 2. The second-order valence-electron chi connectivity index (χ2n) is 5.34. The third-order valence-corrected chi connectivity index (χ3v) is 4.55. The number of carbonyl (C=O) groups is 2. The molecular weight excluding hydrogens is 308 g/mol. The van der Waals surface area contributed by atoms with E-state index in [0.717, 1.165) is 10.5 Å². The SMILES string of the molecule is Cc1ccc(SC(C)C(=O)NC(=O)Nc2ccccc2)c(C)c1. The van der Waals surface area contributed by atoms with Crippen molar-refractivity contribution in [2.75, 3.05) is 5.32 Å². The van der Waals surface area contributed by atoms with Crippen molar-refractivity contribution >= 4 is 29.4 Å². The highest BCUT2D eigenvalue weighted by Crippen LogP contribution is 2.27.